The van der Waals surface area contributed by atoms with Crippen LogP contribution in [0.25, 0.3) is 0 Å². The number of fused-ring (bicyclic) bond motifs is 1. The molecule has 0 aliphatic carbocycles. The average Bonchev–Trinajstić information content (AvgIpc) is 3.64. The first kappa shape index (κ1) is 26.6. The number of nitrogens with zero attached hydrogens (tertiary/aromatic N) is 3. The topological polar surface area (TPSA) is 126 Å². The van der Waals surface area contributed by atoms with E-state index in [1.54, 1.807) is 33.5 Å². The standard InChI is InChI=1S/C29H31N5O4S/c30-21-9-6-20(7-10-21)16-23(27(37)29-31-14-15-39-29)32-28(38)24-12-11-22-17-33(18-26(36)34(22)24)25(35)13-8-19-4-2-1-3-5-19/h1-7,9-10,14-15,22-24H,8,11-13,16-18,30H2,(H,32,38). The molecule has 3 atom stereocenters. The summed E-state index contributed by atoms with van der Waals surface area (Å²) in [6.45, 7) is 0.372. The van der Waals surface area contributed by atoms with Crippen molar-refractivity contribution in [2.24, 2.45) is 0 Å². The SMILES string of the molecule is Nc1ccc(CC(NC(=O)C2CCC3CN(C(=O)CCc4ccccc4)CC(=O)N32)C(=O)c2nccs2)cc1. The number of carbonyl (C=O) groups is 4. The van der Waals surface area contributed by atoms with Crippen LogP contribution in [0.5, 0.6) is 0 Å². The van der Waals surface area contributed by atoms with E-state index in [0.717, 1.165) is 11.1 Å². The summed E-state index contributed by atoms with van der Waals surface area (Å²) >= 11 is 1.22. The highest BCUT2D eigenvalue weighted by atomic mass is 32.1. The lowest BCUT2D eigenvalue weighted by atomic mass is 10.0. The van der Waals surface area contributed by atoms with Crippen LogP contribution in [0.1, 0.15) is 40.2 Å². The lowest BCUT2D eigenvalue weighted by Crippen LogP contribution is -2.60. The lowest BCUT2D eigenvalue weighted by molar-refractivity contribution is -0.151. The third-order valence-electron chi connectivity index (χ3n) is 7.37. The number of rotatable bonds is 9. The molecule has 0 radical (unpaired) electrons. The zero-order chi connectivity index (χ0) is 27.4. The fraction of sp³-hybridized carbons (Fsp3) is 0.345. The second kappa shape index (κ2) is 11.8. The molecule has 2 aliphatic heterocycles. The minimum absolute atomic E-state index is 0.0409. The van der Waals surface area contributed by atoms with Gasteiger partial charge in [0.2, 0.25) is 23.5 Å². The van der Waals surface area contributed by atoms with Gasteiger partial charge in [-0.25, -0.2) is 4.98 Å². The summed E-state index contributed by atoms with van der Waals surface area (Å²) in [5.74, 6) is -0.930. The van der Waals surface area contributed by atoms with Crippen LogP contribution in [0.3, 0.4) is 0 Å². The Balaban J connectivity index is 1.23. The van der Waals surface area contributed by atoms with Gasteiger partial charge < -0.3 is 20.9 Å². The average molecular weight is 546 g/mol. The molecule has 9 nitrogen and oxygen atoms in total. The van der Waals surface area contributed by atoms with Gasteiger partial charge in [0, 0.05) is 36.7 Å². The predicted octanol–water partition coefficient (Wildman–Crippen LogP) is 2.47. The van der Waals surface area contributed by atoms with Gasteiger partial charge in [0.15, 0.2) is 5.01 Å². The molecular formula is C29H31N5O4S. The summed E-state index contributed by atoms with van der Waals surface area (Å²) in [5, 5.41) is 4.95. The van der Waals surface area contributed by atoms with Crippen molar-refractivity contribution in [2.45, 2.75) is 50.2 Å². The number of anilines is 1. The van der Waals surface area contributed by atoms with E-state index in [1.165, 1.54) is 11.3 Å². The number of aromatic nitrogens is 1. The van der Waals surface area contributed by atoms with Gasteiger partial charge in [-0.05, 0) is 42.5 Å². The molecule has 39 heavy (non-hydrogen) atoms. The minimum atomic E-state index is -0.831. The van der Waals surface area contributed by atoms with Crippen LogP contribution >= 0.6 is 11.3 Å². The molecule has 3 aromatic rings. The molecule has 3 N–H and O–H groups in total. The van der Waals surface area contributed by atoms with Gasteiger partial charge in [-0.15, -0.1) is 11.3 Å². The highest BCUT2D eigenvalue weighted by molar-refractivity contribution is 7.11. The van der Waals surface area contributed by atoms with Gasteiger partial charge in [-0.3, -0.25) is 19.2 Å². The molecule has 0 bridgehead atoms. The highest BCUT2D eigenvalue weighted by Gasteiger charge is 2.46. The maximum absolute atomic E-state index is 13.5. The first-order chi connectivity index (χ1) is 18.9. The number of nitrogens with two attached hydrogens (primary N) is 1. The summed E-state index contributed by atoms with van der Waals surface area (Å²) in [6, 6.07) is 15.2. The number of nitrogen functional groups attached to an aromatic ring is 1. The summed E-state index contributed by atoms with van der Waals surface area (Å²) in [4.78, 5) is 60.1. The maximum Gasteiger partial charge on any atom is 0.243 e. The number of aryl methyl sites for hydroxylation is 1. The molecule has 0 spiro atoms. The number of carbonyl (C=O) groups excluding carboxylic acids is 4. The maximum atomic E-state index is 13.5. The third-order valence-corrected chi connectivity index (χ3v) is 8.16. The van der Waals surface area contributed by atoms with Crippen molar-refractivity contribution in [3.8, 4) is 0 Å². The van der Waals surface area contributed by atoms with Crippen molar-refractivity contribution >= 4 is 40.5 Å². The van der Waals surface area contributed by atoms with E-state index >= 15 is 0 Å². The Bertz CT molecular complexity index is 1330. The van der Waals surface area contributed by atoms with E-state index in [0.29, 0.717) is 42.9 Å². The summed E-state index contributed by atoms with van der Waals surface area (Å²) in [5.41, 5.74) is 8.34. The van der Waals surface area contributed by atoms with Crippen LogP contribution in [0, 0.1) is 0 Å². The number of hydrogen-bond acceptors (Lipinski definition) is 7. The van der Waals surface area contributed by atoms with Crippen molar-refractivity contribution in [1.29, 1.82) is 0 Å². The Morgan fingerprint density at radius 3 is 2.54 bits per heavy atom. The molecule has 3 unspecified atom stereocenters. The molecule has 3 heterocycles. The number of thiazole rings is 1. The number of ketones is 1. The summed E-state index contributed by atoms with van der Waals surface area (Å²) < 4.78 is 0. The Morgan fingerprint density at radius 2 is 1.82 bits per heavy atom. The molecule has 10 heteroatoms. The Kier molecular flexibility index (Phi) is 8.02. The molecule has 1 aromatic heterocycles. The van der Waals surface area contributed by atoms with Crippen LogP contribution in [0.4, 0.5) is 5.69 Å². The predicted molar refractivity (Wildman–Crippen MR) is 148 cm³/mol. The van der Waals surface area contributed by atoms with Crippen LogP contribution in [0.15, 0.2) is 66.2 Å². The summed E-state index contributed by atoms with van der Waals surface area (Å²) in [6.07, 6.45) is 3.88. The van der Waals surface area contributed by atoms with Crippen molar-refractivity contribution < 1.29 is 19.2 Å². The summed E-state index contributed by atoms with van der Waals surface area (Å²) in [7, 11) is 0. The van der Waals surface area contributed by atoms with E-state index in [2.05, 4.69) is 10.3 Å². The van der Waals surface area contributed by atoms with Crippen molar-refractivity contribution in [2.75, 3.05) is 18.8 Å². The Hall–Kier alpha value is -4.05. The van der Waals surface area contributed by atoms with Crippen molar-refractivity contribution in [1.82, 2.24) is 20.1 Å². The number of benzene rings is 2. The number of Topliss-reactive ketones (excluding diaryl/α,β-unsaturated/α-hetero) is 1. The fourth-order valence-corrected chi connectivity index (χ4v) is 6.00. The van der Waals surface area contributed by atoms with Gasteiger partial charge in [0.1, 0.15) is 6.04 Å². The lowest BCUT2D eigenvalue weighted by Gasteiger charge is -2.39. The molecule has 0 saturated carbocycles. The van der Waals surface area contributed by atoms with E-state index in [9.17, 15) is 19.2 Å². The van der Waals surface area contributed by atoms with E-state index < -0.39 is 12.1 Å². The number of hydrogen-bond donors (Lipinski definition) is 2. The largest absolute Gasteiger partial charge is 0.399 e. The quantitative estimate of drug-likeness (QED) is 0.314. The van der Waals surface area contributed by atoms with Gasteiger partial charge in [0.05, 0.1) is 18.6 Å². The first-order valence-corrected chi connectivity index (χ1v) is 14.0. The Labute approximate surface area is 231 Å². The minimum Gasteiger partial charge on any atom is -0.399 e. The molecular weight excluding hydrogens is 514 g/mol. The zero-order valence-electron chi connectivity index (χ0n) is 21.5. The first-order valence-electron chi connectivity index (χ1n) is 13.1. The molecule has 2 aromatic carbocycles. The van der Waals surface area contributed by atoms with Crippen LogP contribution < -0.4 is 11.1 Å². The monoisotopic (exact) mass is 545 g/mol. The van der Waals surface area contributed by atoms with Crippen LogP contribution in [-0.2, 0) is 27.2 Å². The second-order valence-electron chi connectivity index (χ2n) is 10.0. The van der Waals surface area contributed by atoms with Crippen molar-refractivity contribution in [3.05, 3.63) is 82.3 Å². The zero-order valence-corrected chi connectivity index (χ0v) is 22.3. The second-order valence-corrected chi connectivity index (χ2v) is 10.9. The highest BCUT2D eigenvalue weighted by Crippen LogP contribution is 2.29. The Morgan fingerprint density at radius 1 is 1.05 bits per heavy atom. The number of amides is 3. The number of nitrogens with one attached hydrogen (secondary N) is 1. The van der Waals surface area contributed by atoms with Crippen molar-refractivity contribution in [3.63, 3.8) is 0 Å². The van der Waals surface area contributed by atoms with E-state index in [-0.39, 0.29) is 42.5 Å². The molecule has 202 valence electrons. The van der Waals surface area contributed by atoms with Crippen LogP contribution in [0.2, 0.25) is 0 Å². The van der Waals surface area contributed by atoms with Gasteiger partial charge >= 0.3 is 0 Å². The molecule has 5 rings (SSSR count). The smallest absolute Gasteiger partial charge is 0.243 e. The van der Waals surface area contributed by atoms with E-state index in [4.69, 9.17) is 5.73 Å². The normalized spacial score (nSPS) is 19.4. The molecule has 3 amide bonds. The molecule has 2 fully saturated rings. The number of piperazine rings is 1. The van der Waals surface area contributed by atoms with Crippen LogP contribution in [-0.4, -0.2) is 69.5 Å². The fourth-order valence-electron chi connectivity index (χ4n) is 5.37. The van der Waals surface area contributed by atoms with E-state index in [1.807, 2.05) is 42.5 Å². The molecule has 2 aliphatic rings. The third kappa shape index (κ3) is 6.17. The molecule has 2 saturated heterocycles. The van der Waals surface area contributed by atoms with Gasteiger partial charge in [-0.1, -0.05) is 42.5 Å². The van der Waals surface area contributed by atoms with Gasteiger partial charge in [0.25, 0.3) is 0 Å². The van der Waals surface area contributed by atoms with Gasteiger partial charge in [-0.2, -0.15) is 0 Å².